The minimum absolute atomic E-state index is 0.0217. The van der Waals surface area contributed by atoms with Crippen molar-refractivity contribution in [2.24, 2.45) is 0 Å². The van der Waals surface area contributed by atoms with E-state index in [0.717, 1.165) is 5.56 Å². The van der Waals surface area contributed by atoms with Gasteiger partial charge in [-0.2, -0.15) is 0 Å². The van der Waals surface area contributed by atoms with Crippen molar-refractivity contribution in [1.82, 2.24) is 14.9 Å². The lowest BCUT2D eigenvalue weighted by Crippen LogP contribution is -2.43. The van der Waals surface area contributed by atoms with Crippen molar-refractivity contribution >= 4 is 22.9 Å². The molecule has 0 aliphatic carbocycles. The molecule has 0 bridgehead atoms. The Morgan fingerprint density at radius 3 is 2.73 bits per heavy atom. The molecule has 3 aromatic rings. The third-order valence-electron chi connectivity index (χ3n) is 5.31. The Morgan fingerprint density at radius 1 is 1.33 bits per heavy atom. The predicted octanol–water partition coefficient (Wildman–Crippen LogP) is 1.91. The first-order valence-electron chi connectivity index (χ1n) is 10.4. The molecule has 4 rings (SSSR count). The van der Waals surface area contributed by atoms with Crippen LogP contribution < -0.4 is 15.6 Å². The van der Waals surface area contributed by atoms with Gasteiger partial charge in [-0.15, -0.1) is 0 Å². The number of aromatic hydroxyl groups is 1. The van der Waals surface area contributed by atoms with E-state index in [2.05, 4.69) is 10.3 Å². The number of amides is 1. The number of nitrogens with zero attached hydrogens (tertiary/aromatic N) is 2. The fourth-order valence-corrected chi connectivity index (χ4v) is 3.81. The first kappa shape index (κ1) is 22.3. The smallest absolute Gasteiger partial charge is 0.347 e. The summed E-state index contributed by atoms with van der Waals surface area (Å²) in [5.74, 6) is -1.86. The minimum Gasteiger partial charge on any atom is -0.505 e. The number of aromatic nitrogens is 2. The van der Waals surface area contributed by atoms with Crippen molar-refractivity contribution in [2.45, 2.75) is 32.9 Å². The molecule has 0 unspecified atom stereocenters. The number of carbonyl (C=O) groups is 2. The summed E-state index contributed by atoms with van der Waals surface area (Å²) in [6.45, 7) is 3.13. The maximum absolute atomic E-state index is 13.3. The monoisotopic (exact) mass is 455 g/mol. The summed E-state index contributed by atoms with van der Waals surface area (Å²) in [7, 11) is 0. The number of esters is 1. The predicted molar refractivity (Wildman–Crippen MR) is 116 cm³/mol. The molecule has 1 aromatic carbocycles. The molecular weight excluding hydrogens is 433 g/mol. The van der Waals surface area contributed by atoms with E-state index in [0.29, 0.717) is 17.7 Å². The molecule has 0 fully saturated rings. The zero-order valence-corrected chi connectivity index (χ0v) is 18.1. The van der Waals surface area contributed by atoms with E-state index in [9.17, 15) is 23.9 Å². The van der Waals surface area contributed by atoms with Gasteiger partial charge in [0.15, 0.2) is 17.1 Å². The van der Waals surface area contributed by atoms with Gasteiger partial charge in [-0.3, -0.25) is 19.1 Å². The lowest BCUT2D eigenvalue weighted by Gasteiger charge is -2.29. The molecule has 1 amide bonds. The van der Waals surface area contributed by atoms with E-state index in [1.807, 2.05) is 0 Å². The van der Waals surface area contributed by atoms with Crippen LogP contribution in [-0.2, 0) is 22.5 Å². The number of halogens is 1. The standard InChI is InChI=1S/C23H22FN3O6/c1-3-32-23(31)17-20(29)18-19-21(14(9-26-18)8-13-4-6-15(24)7-5-13)33-16(10-25-12(2)28)11-27(19)22(17)30/h4-7,9,16,29H,3,8,10-11H2,1-2H3,(H,25,28)/t16-/m1/s1. The number of nitrogens with one attached hydrogen (secondary N) is 1. The molecule has 2 N–H and O–H groups in total. The van der Waals surface area contributed by atoms with Crippen LogP contribution in [0.5, 0.6) is 11.5 Å². The maximum atomic E-state index is 13.3. The third kappa shape index (κ3) is 4.23. The van der Waals surface area contributed by atoms with Gasteiger partial charge in [0, 0.05) is 25.1 Å². The van der Waals surface area contributed by atoms with Crippen LogP contribution in [0.3, 0.4) is 0 Å². The number of carbonyl (C=O) groups excluding carboxylic acids is 2. The Bertz CT molecular complexity index is 1300. The molecular formula is C23H22FN3O6. The van der Waals surface area contributed by atoms with Crippen LogP contribution in [0.25, 0.3) is 11.0 Å². The van der Waals surface area contributed by atoms with Gasteiger partial charge >= 0.3 is 5.97 Å². The number of rotatable bonds is 6. The van der Waals surface area contributed by atoms with E-state index >= 15 is 0 Å². The summed E-state index contributed by atoms with van der Waals surface area (Å²) in [5, 5.41) is 13.4. The van der Waals surface area contributed by atoms with Crippen LogP contribution >= 0.6 is 0 Å². The Kier molecular flexibility index (Phi) is 5.99. The van der Waals surface area contributed by atoms with E-state index < -0.39 is 28.9 Å². The highest BCUT2D eigenvalue weighted by atomic mass is 19.1. The zero-order valence-electron chi connectivity index (χ0n) is 18.1. The van der Waals surface area contributed by atoms with Crippen molar-refractivity contribution in [2.75, 3.05) is 13.2 Å². The number of hydrogen-bond acceptors (Lipinski definition) is 7. The summed E-state index contributed by atoms with van der Waals surface area (Å²) in [4.78, 5) is 41.3. The highest BCUT2D eigenvalue weighted by Gasteiger charge is 2.32. The molecule has 10 heteroatoms. The summed E-state index contributed by atoms with van der Waals surface area (Å²) in [5.41, 5.74) is 0.393. The van der Waals surface area contributed by atoms with Gasteiger partial charge in [-0.05, 0) is 24.6 Å². The first-order valence-corrected chi connectivity index (χ1v) is 10.4. The topological polar surface area (TPSA) is 120 Å². The van der Waals surface area contributed by atoms with Gasteiger partial charge in [-0.25, -0.2) is 9.18 Å². The van der Waals surface area contributed by atoms with Gasteiger partial charge in [0.2, 0.25) is 5.91 Å². The van der Waals surface area contributed by atoms with Crippen LogP contribution in [-0.4, -0.2) is 45.8 Å². The van der Waals surface area contributed by atoms with E-state index in [-0.39, 0.29) is 42.5 Å². The average molecular weight is 455 g/mol. The van der Waals surface area contributed by atoms with Crippen molar-refractivity contribution in [3.63, 3.8) is 0 Å². The molecule has 0 saturated carbocycles. The van der Waals surface area contributed by atoms with Crippen molar-refractivity contribution in [3.8, 4) is 11.5 Å². The Labute approximate surface area is 187 Å². The maximum Gasteiger partial charge on any atom is 0.347 e. The lowest BCUT2D eigenvalue weighted by atomic mass is 10.0. The largest absolute Gasteiger partial charge is 0.505 e. The zero-order chi connectivity index (χ0) is 23.7. The molecule has 0 spiro atoms. The lowest BCUT2D eigenvalue weighted by molar-refractivity contribution is -0.119. The minimum atomic E-state index is -0.950. The number of benzene rings is 1. The summed E-state index contributed by atoms with van der Waals surface area (Å²) >= 11 is 0. The van der Waals surface area contributed by atoms with Crippen LogP contribution in [0.15, 0.2) is 35.3 Å². The molecule has 1 aliphatic rings. The van der Waals surface area contributed by atoms with Crippen LogP contribution in [0, 0.1) is 5.82 Å². The first-order chi connectivity index (χ1) is 15.8. The normalized spacial score (nSPS) is 14.6. The molecule has 1 aliphatic heterocycles. The Hall–Kier alpha value is -3.95. The van der Waals surface area contributed by atoms with Gasteiger partial charge < -0.3 is 19.9 Å². The molecule has 3 heterocycles. The Morgan fingerprint density at radius 2 is 2.06 bits per heavy atom. The van der Waals surface area contributed by atoms with E-state index in [1.54, 1.807) is 19.1 Å². The average Bonchev–Trinajstić information content (AvgIpc) is 2.78. The molecule has 33 heavy (non-hydrogen) atoms. The quantitative estimate of drug-likeness (QED) is 0.545. The number of hydrogen-bond donors (Lipinski definition) is 2. The second kappa shape index (κ2) is 8.89. The van der Waals surface area contributed by atoms with Crippen LogP contribution in [0.4, 0.5) is 4.39 Å². The number of pyridine rings is 2. The molecule has 0 saturated heterocycles. The summed E-state index contributed by atoms with van der Waals surface area (Å²) < 4.78 is 25.7. The van der Waals surface area contributed by atoms with Crippen molar-refractivity contribution in [3.05, 3.63) is 63.3 Å². The SMILES string of the molecule is CCOC(=O)c1c(O)c2ncc(Cc3ccc(F)cc3)c3c2n(c1=O)C[C@@H](CNC(C)=O)O3. The summed E-state index contributed by atoms with van der Waals surface area (Å²) in [6.07, 6.45) is 1.18. The molecule has 0 radical (unpaired) electrons. The fraction of sp³-hybridized carbons (Fsp3) is 0.304. The fourth-order valence-electron chi connectivity index (χ4n) is 3.81. The van der Waals surface area contributed by atoms with E-state index in [1.165, 1.54) is 29.8 Å². The molecule has 1 atom stereocenters. The van der Waals surface area contributed by atoms with Gasteiger partial charge in [0.1, 0.15) is 23.0 Å². The van der Waals surface area contributed by atoms with Crippen LogP contribution in [0.2, 0.25) is 0 Å². The number of ether oxygens (including phenoxy) is 2. The molecule has 172 valence electrons. The van der Waals surface area contributed by atoms with Gasteiger partial charge in [-0.1, -0.05) is 12.1 Å². The Balaban J connectivity index is 1.89. The highest BCUT2D eigenvalue weighted by molar-refractivity contribution is 6.00. The highest BCUT2D eigenvalue weighted by Crippen LogP contribution is 2.37. The second-order valence-corrected chi connectivity index (χ2v) is 7.65. The van der Waals surface area contributed by atoms with Gasteiger partial charge in [0.05, 0.1) is 19.7 Å². The van der Waals surface area contributed by atoms with E-state index in [4.69, 9.17) is 9.47 Å². The van der Waals surface area contributed by atoms with Crippen molar-refractivity contribution in [1.29, 1.82) is 0 Å². The van der Waals surface area contributed by atoms with Crippen molar-refractivity contribution < 1.29 is 28.6 Å². The second-order valence-electron chi connectivity index (χ2n) is 7.65. The van der Waals surface area contributed by atoms with Crippen LogP contribution in [0.1, 0.15) is 35.3 Å². The molecule has 9 nitrogen and oxygen atoms in total. The third-order valence-corrected chi connectivity index (χ3v) is 5.31. The summed E-state index contributed by atoms with van der Waals surface area (Å²) in [6, 6.07) is 5.92. The van der Waals surface area contributed by atoms with Gasteiger partial charge in [0.25, 0.3) is 5.56 Å². The molecule has 2 aromatic heterocycles.